The fraction of sp³-hybridized carbons (Fsp3) is 0.0714. The standard InChI is InChI=1S/C14H9FN4OS/c1-8-11(5-6-20-8)12-16-17-14-19(12)18-13(21-14)9-3-2-4-10(15)7-9/h2-7H,1H3. The molecule has 3 heterocycles. The Morgan fingerprint density at radius 3 is 2.90 bits per heavy atom. The highest BCUT2D eigenvalue weighted by Crippen LogP contribution is 2.29. The molecule has 0 saturated heterocycles. The molecule has 21 heavy (non-hydrogen) atoms. The van der Waals surface area contributed by atoms with Crippen LogP contribution in [-0.4, -0.2) is 19.8 Å². The molecule has 4 rings (SSSR count). The molecule has 0 N–H and O–H groups in total. The monoisotopic (exact) mass is 300 g/mol. The maximum atomic E-state index is 13.3. The second kappa shape index (κ2) is 4.49. The fourth-order valence-electron chi connectivity index (χ4n) is 2.14. The Bertz CT molecular complexity index is 939. The lowest BCUT2D eigenvalue weighted by atomic mass is 10.2. The number of aromatic nitrogens is 4. The van der Waals surface area contributed by atoms with Gasteiger partial charge in [0.25, 0.3) is 0 Å². The van der Waals surface area contributed by atoms with Gasteiger partial charge in [-0.25, -0.2) is 4.39 Å². The van der Waals surface area contributed by atoms with Crippen LogP contribution in [0.5, 0.6) is 0 Å². The van der Waals surface area contributed by atoms with Crippen molar-refractivity contribution in [1.29, 1.82) is 0 Å². The van der Waals surface area contributed by atoms with Crippen molar-refractivity contribution in [3.63, 3.8) is 0 Å². The fourth-order valence-corrected chi connectivity index (χ4v) is 2.98. The van der Waals surface area contributed by atoms with Gasteiger partial charge in [0, 0.05) is 5.56 Å². The molecule has 0 atom stereocenters. The van der Waals surface area contributed by atoms with Gasteiger partial charge >= 0.3 is 0 Å². The van der Waals surface area contributed by atoms with Crippen LogP contribution < -0.4 is 0 Å². The van der Waals surface area contributed by atoms with Gasteiger partial charge in [0.2, 0.25) is 4.96 Å². The first-order valence-corrected chi connectivity index (χ1v) is 7.06. The van der Waals surface area contributed by atoms with E-state index in [1.54, 1.807) is 16.8 Å². The molecule has 0 fully saturated rings. The first-order valence-electron chi connectivity index (χ1n) is 6.25. The van der Waals surface area contributed by atoms with E-state index in [-0.39, 0.29) is 5.82 Å². The number of nitrogens with zero attached hydrogens (tertiary/aromatic N) is 4. The minimum Gasteiger partial charge on any atom is -0.469 e. The number of halogens is 1. The van der Waals surface area contributed by atoms with Gasteiger partial charge in [-0.15, -0.1) is 10.2 Å². The van der Waals surface area contributed by atoms with Crippen LogP contribution in [0.4, 0.5) is 4.39 Å². The molecule has 0 aliphatic rings. The van der Waals surface area contributed by atoms with E-state index in [0.29, 0.717) is 15.8 Å². The van der Waals surface area contributed by atoms with Gasteiger partial charge in [-0.1, -0.05) is 23.5 Å². The number of fused-ring (bicyclic) bond motifs is 1. The van der Waals surface area contributed by atoms with Crippen molar-refractivity contribution in [2.24, 2.45) is 0 Å². The number of hydrogen-bond acceptors (Lipinski definition) is 5. The predicted molar refractivity (Wildman–Crippen MR) is 76.5 cm³/mol. The smallest absolute Gasteiger partial charge is 0.235 e. The Hall–Kier alpha value is -2.54. The van der Waals surface area contributed by atoms with Crippen molar-refractivity contribution in [3.05, 3.63) is 48.2 Å². The minimum absolute atomic E-state index is 0.288. The summed E-state index contributed by atoms with van der Waals surface area (Å²) in [6.07, 6.45) is 1.60. The third-order valence-corrected chi connectivity index (χ3v) is 4.11. The highest BCUT2D eigenvalue weighted by Gasteiger charge is 2.17. The molecule has 0 bridgehead atoms. The van der Waals surface area contributed by atoms with Crippen LogP contribution in [0.1, 0.15) is 5.76 Å². The lowest BCUT2D eigenvalue weighted by Gasteiger charge is -1.95. The number of aryl methyl sites for hydroxylation is 1. The molecule has 104 valence electrons. The Balaban J connectivity index is 1.88. The summed E-state index contributed by atoms with van der Waals surface area (Å²) < 4.78 is 20.3. The molecule has 3 aromatic heterocycles. The molecule has 0 radical (unpaired) electrons. The summed E-state index contributed by atoms with van der Waals surface area (Å²) in [5.41, 5.74) is 1.57. The first kappa shape index (κ1) is 12.2. The molecular formula is C14H9FN4OS. The molecule has 4 aromatic rings. The summed E-state index contributed by atoms with van der Waals surface area (Å²) >= 11 is 1.36. The summed E-state index contributed by atoms with van der Waals surface area (Å²) in [7, 11) is 0. The maximum Gasteiger partial charge on any atom is 0.235 e. The van der Waals surface area contributed by atoms with Crippen LogP contribution >= 0.6 is 11.3 Å². The van der Waals surface area contributed by atoms with E-state index in [9.17, 15) is 4.39 Å². The zero-order chi connectivity index (χ0) is 14.4. The van der Waals surface area contributed by atoms with E-state index in [1.165, 1.54) is 23.5 Å². The van der Waals surface area contributed by atoms with E-state index >= 15 is 0 Å². The van der Waals surface area contributed by atoms with Gasteiger partial charge in [0.05, 0.1) is 11.8 Å². The lowest BCUT2D eigenvalue weighted by Crippen LogP contribution is -1.91. The molecule has 5 nitrogen and oxygen atoms in total. The van der Waals surface area contributed by atoms with Gasteiger partial charge in [-0.05, 0) is 25.1 Å². The Labute approximate surface area is 122 Å². The van der Waals surface area contributed by atoms with Crippen LogP contribution in [0.15, 0.2) is 41.0 Å². The van der Waals surface area contributed by atoms with Crippen LogP contribution in [0.3, 0.4) is 0 Å². The molecule has 1 aromatic carbocycles. The number of hydrogen-bond donors (Lipinski definition) is 0. The Kier molecular flexibility index (Phi) is 2.61. The zero-order valence-electron chi connectivity index (χ0n) is 10.9. The molecule has 0 amide bonds. The van der Waals surface area contributed by atoms with Gasteiger partial charge in [0.1, 0.15) is 16.6 Å². The largest absolute Gasteiger partial charge is 0.469 e. The summed E-state index contributed by atoms with van der Waals surface area (Å²) in [5, 5.41) is 13.4. The Morgan fingerprint density at radius 2 is 2.14 bits per heavy atom. The number of rotatable bonds is 2. The molecule has 0 aliphatic heterocycles. The third-order valence-electron chi connectivity index (χ3n) is 3.16. The molecule has 7 heteroatoms. The molecule has 0 aliphatic carbocycles. The first-order chi connectivity index (χ1) is 10.2. The van der Waals surface area contributed by atoms with E-state index in [1.807, 2.05) is 19.1 Å². The average Bonchev–Trinajstić information content (AvgIpc) is 3.13. The van der Waals surface area contributed by atoms with Gasteiger partial charge < -0.3 is 4.42 Å². The number of benzene rings is 1. The van der Waals surface area contributed by atoms with Crippen LogP contribution in [-0.2, 0) is 0 Å². The van der Waals surface area contributed by atoms with Crippen molar-refractivity contribution >= 4 is 16.3 Å². The van der Waals surface area contributed by atoms with Gasteiger partial charge in [-0.2, -0.15) is 9.61 Å². The molecule has 0 spiro atoms. The van der Waals surface area contributed by atoms with Gasteiger partial charge in [-0.3, -0.25) is 0 Å². The van der Waals surface area contributed by atoms with Gasteiger partial charge in [0.15, 0.2) is 5.82 Å². The topological polar surface area (TPSA) is 56.2 Å². The lowest BCUT2D eigenvalue weighted by molar-refractivity contribution is 0.535. The predicted octanol–water partition coefficient (Wildman–Crippen LogP) is 3.56. The molecule has 0 saturated carbocycles. The Morgan fingerprint density at radius 1 is 1.24 bits per heavy atom. The second-order valence-electron chi connectivity index (χ2n) is 4.53. The van der Waals surface area contributed by atoms with E-state index in [0.717, 1.165) is 16.9 Å². The quantitative estimate of drug-likeness (QED) is 0.568. The second-order valence-corrected chi connectivity index (χ2v) is 5.48. The number of furan rings is 1. The minimum atomic E-state index is -0.288. The van der Waals surface area contributed by atoms with Crippen molar-refractivity contribution < 1.29 is 8.81 Å². The average molecular weight is 300 g/mol. The van der Waals surface area contributed by atoms with Crippen molar-refractivity contribution in [2.45, 2.75) is 6.92 Å². The van der Waals surface area contributed by atoms with Crippen LogP contribution in [0, 0.1) is 12.7 Å². The normalized spacial score (nSPS) is 11.3. The summed E-state index contributed by atoms with van der Waals surface area (Å²) in [6, 6.07) is 8.16. The maximum absolute atomic E-state index is 13.3. The summed E-state index contributed by atoms with van der Waals surface area (Å²) in [4.78, 5) is 0.657. The SMILES string of the molecule is Cc1occc1-c1nnc2sc(-c3cccc(F)c3)nn12. The van der Waals surface area contributed by atoms with Crippen molar-refractivity contribution in [3.8, 4) is 22.0 Å². The zero-order valence-corrected chi connectivity index (χ0v) is 11.8. The summed E-state index contributed by atoms with van der Waals surface area (Å²) in [5.74, 6) is 1.09. The van der Waals surface area contributed by atoms with Crippen molar-refractivity contribution in [2.75, 3.05) is 0 Å². The van der Waals surface area contributed by atoms with E-state index in [4.69, 9.17) is 4.42 Å². The van der Waals surface area contributed by atoms with Crippen LogP contribution in [0.25, 0.3) is 26.9 Å². The highest BCUT2D eigenvalue weighted by atomic mass is 32.1. The highest BCUT2D eigenvalue weighted by molar-refractivity contribution is 7.19. The van der Waals surface area contributed by atoms with E-state index < -0.39 is 0 Å². The van der Waals surface area contributed by atoms with E-state index in [2.05, 4.69) is 15.3 Å². The summed E-state index contributed by atoms with van der Waals surface area (Å²) in [6.45, 7) is 1.86. The molecular weight excluding hydrogens is 291 g/mol. The van der Waals surface area contributed by atoms with Crippen LogP contribution in [0.2, 0.25) is 0 Å². The van der Waals surface area contributed by atoms with Crippen molar-refractivity contribution in [1.82, 2.24) is 19.8 Å². The molecule has 0 unspecified atom stereocenters. The third kappa shape index (κ3) is 1.93.